The highest BCUT2D eigenvalue weighted by atomic mass is 16.5. The smallest absolute Gasteiger partial charge is 0.311 e. The van der Waals surface area contributed by atoms with Crippen LogP contribution in [0.2, 0.25) is 0 Å². The summed E-state index contributed by atoms with van der Waals surface area (Å²) in [5, 5.41) is 9.55. The van der Waals surface area contributed by atoms with E-state index >= 15 is 0 Å². The summed E-state index contributed by atoms with van der Waals surface area (Å²) >= 11 is 0. The van der Waals surface area contributed by atoms with Crippen molar-refractivity contribution in [3.8, 4) is 5.75 Å². The van der Waals surface area contributed by atoms with Crippen molar-refractivity contribution < 1.29 is 19.4 Å². The lowest BCUT2D eigenvalue weighted by Crippen LogP contribution is -2.40. The molecule has 1 aliphatic rings. The Balaban J connectivity index is 1.90. The van der Waals surface area contributed by atoms with Crippen LogP contribution >= 0.6 is 0 Å². The maximum Gasteiger partial charge on any atom is 0.311 e. The summed E-state index contributed by atoms with van der Waals surface area (Å²) in [4.78, 5) is 25.7. The van der Waals surface area contributed by atoms with Crippen molar-refractivity contribution in [2.24, 2.45) is 11.3 Å². The molecule has 24 heavy (non-hydrogen) atoms. The van der Waals surface area contributed by atoms with Crippen LogP contribution < -0.4 is 4.74 Å². The quantitative estimate of drug-likeness (QED) is 0.869. The van der Waals surface area contributed by atoms with Gasteiger partial charge in [0.05, 0.1) is 18.4 Å². The average molecular weight is 333 g/mol. The summed E-state index contributed by atoms with van der Waals surface area (Å²) in [5.74, 6) is -0.0474. The molecule has 1 atom stereocenters. The Morgan fingerprint density at radius 2 is 2.04 bits per heavy atom. The molecule has 1 heterocycles. The van der Waals surface area contributed by atoms with Crippen molar-refractivity contribution in [3.63, 3.8) is 0 Å². The molecule has 0 aliphatic carbocycles. The molecule has 1 N–H and O–H groups in total. The molecule has 132 valence electrons. The topological polar surface area (TPSA) is 66.8 Å². The number of hydrogen-bond acceptors (Lipinski definition) is 3. The van der Waals surface area contributed by atoms with E-state index in [-0.39, 0.29) is 18.2 Å². The molecule has 5 heteroatoms. The molecule has 0 aromatic heterocycles. The van der Waals surface area contributed by atoms with Gasteiger partial charge in [-0.05, 0) is 43.4 Å². The SMILES string of the molecule is Cc1ccc(C)c(OCCC(=O)N2CCC(C(=O)O)(C(C)C)C2)c1. The first-order valence-electron chi connectivity index (χ1n) is 8.47. The van der Waals surface area contributed by atoms with Crippen LogP contribution in [-0.2, 0) is 9.59 Å². The summed E-state index contributed by atoms with van der Waals surface area (Å²) in [7, 11) is 0. The molecule has 1 fully saturated rings. The number of hydrogen-bond donors (Lipinski definition) is 1. The fourth-order valence-corrected chi connectivity index (χ4v) is 3.21. The number of likely N-dealkylation sites (tertiary alicyclic amines) is 1. The minimum Gasteiger partial charge on any atom is -0.493 e. The monoisotopic (exact) mass is 333 g/mol. The number of aliphatic carboxylic acids is 1. The Hall–Kier alpha value is -2.04. The van der Waals surface area contributed by atoms with E-state index in [1.807, 2.05) is 45.9 Å². The van der Waals surface area contributed by atoms with Gasteiger partial charge in [-0.25, -0.2) is 0 Å². The van der Waals surface area contributed by atoms with Crippen molar-refractivity contribution in [2.45, 2.75) is 40.5 Å². The third kappa shape index (κ3) is 3.71. The zero-order chi connectivity index (χ0) is 17.9. The molecule has 0 saturated carbocycles. The molecule has 1 amide bonds. The molecule has 1 saturated heterocycles. The standard InChI is InChI=1S/C19H27NO4/c1-13(2)19(18(22)23)8-9-20(12-19)17(21)7-10-24-16-11-14(3)5-6-15(16)4/h5-6,11,13H,7-10,12H2,1-4H3,(H,22,23). The van der Waals surface area contributed by atoms with Crippen LogP contribution in [0.5, 0.6) is 5.75 Å². The molecular formula is C19H27NO4. The maximum atomic E-state index is 12.4. The molecule has 1 aromatic rings. The first kappa shape index (κ1) is 18.3. The van der Waals surface area contributed by atoms with Gasteiger partial charge in [0.25, 0.3) is 0 Å². The zero-order valence-corrected chi connectivity index (χ0v) is 15.0. The van der Waals surface area contributed by atoms with Crippen molar-refractivity contribution in [3.05, 3.63) is 29.3 Å². The number of aryl methyl sites for hydroxylation is 2. The number of ether oxygens (including phenoxy) is 1. The molecule has 0 radical (unpaired) electrons. The minimum absolute atomic E-state index is 0.000932. The zero-order valence-electron chi connectivity index (χ0n) is 15.0. The molecule has 5 nitrogen and oxygen atoms in total. The van der Waals surface area contributed by atoms with E-state index < -0.39 is 11.4 Å². The van der Waals surface area contributed by atoms with Crippen LogP contribution in [0.1, 0.15) is 37.8 Å². The molecule has 1 aromatic carbocycles. The van der Waals surface area contributed by atoms with E-state index in [4.69, 9.17) is 4.74 Å². The first-order valence-corrected chi connectivity index (χ1v) is 8.47. The van der Waals surface area contributed by atoms with Crippen molar-refractivity contribution in [2.75, 3.05) is 19.7 Å². The van der Waals surface area contributed by atoms with E-state index in [0.29, 0.717) is 26.1 Å². The maximum absolute atomic E-state index is 12.4. The normalized spacial score (nSPS) is 20.5. The van der Waals surface area contributed by atoms with E-state index in [1.54, 1.807) is 4.90 Å². The summed E-state index contributed by atoms with van der Waals surface area (Å²) in [6.45, 7) is 8.90. The molecule has 1 aliphatic heterocycles. The van der Waals surface area contributed by atoms with Gasteiger partial charge in [0, 0.05) is 13.1 Å². The highest BCUT2D eigenvalue weighted by Crippen LogP contribution is 2.38. The number of nitrogens with zero attached hydrogens (tertiary/aromatic N) is 1. The van der Waals surface area contributed by atoms with Gasteiger partial charge < -0.3 is 14.7 Å². The second kappa shape index (κ2) is 7.24. The van der Waals surface area contributed by atoms with Crippen LogP contribution in [0.4, 0.5) is 0 Å². The van der Waals surface area contributed by atoms with Crippen molar-refractivity contribution in [1.82, 2.24) is 4.90 Å². The highest BCUT2D eigenvalue weighted by Gasteiger charge is 2.48. The second-order valence-electron chi connectivity index (χ2n) is 7.05. The van der Waals surface area contributed by atoms with Crippen LogP contribution in [-0.4, -0.2) is 41.6 Å². The Kier molecular flexibility index (Phi) is 5.52. The van der Waals surface area contributed by atoms with Gasteiger partial charge in [-0.15, -0.1) is 0 Å². The molecule has 1 unspecified atom stereocenters. The number of rotatable bonds is 6. The van der Waals surface area contributed by atoms with Gasteiger partial charge in [-0.1, -0.05) is 26.0 Å². The second-order valence-corrected chi connectivity index (χ2v) is 7.05. The third-order valence-electron chi connectivity index (χ3n) is 5.10. The summed E-state index contributed by atoms with van der Waals surface area (Å²) in [6, 6.07) is 5.98. The van der Waals surface area contributed by atoms with Crippen LogP contribution in [0.25, 0.3) is 0 Å². The average Bonchev–Trinajstić information content (AvgIpc) is 2.97. The Morgan fingerprint density at radius 1 is 1.33 bits per heavy atom. The molecule has 0 bridgehead atoms. The van der Waals surface area contributed by atoms with Gasteiger partial charge >= 0.3 is 5.97 Å². The predicted octanol–water partition coefficient (Wildman–Crippen LogP) is 3.03. The Labute approximate surface area is 143 Å². The van der Waals surface area contributed by atoms with Crippen molar-refractivity contribution >= 4 is 11.9 Å². The third-order valence-corrected chi connectivity index (χ3v) is 5.10. The minimum atomic E-state index is -0.816. The summed E-state index contributed by atoms with van der Waals surface area (Å²) in [5.41, 5.74) is 1.34. The van der Waals surface area contributed by atoms with E-state index in [1.165, 1.54) is 0 Å². The van der Waals surface area contributed by atoms with Crippen molar-refractivity contribution in [1.29, 1.82) is 0 Å². The van der Waals surface area contributed by atoms with E-state index in [0.717, 1.165) is 16.9 Å². The number of carbonyl (C=O) groups is 2. The lowest BCUT2D eigenvalue weighted by Gasteiger charge is -2.28. The van der Waals surface area contributed by atoms with Gasteiger partial charge in [-0.3, -0.25) is 9.59 Å². The molecule has 2 rings (SSSR count). The number of carboxylic acid groups (broad SMARTS) is 1. The largest absolute Gasteiger partial charge is 0.493 e. The number of amides is 1. The van der Waals surface area contributed by atoms with Crippen LogP contribution in [0.3, 0.4) is 0 Å². The predicted molar refractivity (Wildman–Crippen MR) is 92.1 cm³/mol. The lowest BCUT2D eigenvalue weighted by molar-refractivity contribution is -0.151. The van der Waals surface area contributed by atoms with E-state index in [2.05, 4.69) is 0 Å². The van der Waals surface area contributed by atoms with Gasteiger partial charge in [-0.2, -0.15) is 0 Å². The fraction of sp³-hybridized carbons (Fsp3) is 0.579. The number of benzene rings is 1. The Morgan fingerprint density at radius 3 is 2.62 bits per heavy atom. The molecular weight excluding hydrogens is 306 g/mol. The van der Waals surface area contributed by atoms with Crippen LogP contribution in [0, 0.1) is 25.2 Å². The van der Waals surface area contributed by atoms with Gasteiger partial charge in [0.2, 0.25) is 5.91 Å². The fourth-order valence-electron chi connectivity index (χ4n) is 3.21. The van der Waals surface area contributed by atoms with Gasteiger partial charge in [0.1, 0.15) is 5.75 Å². The number of carboxylic acids is 1. The first-order chi connectivity index (χ1) is 11.3. The Bertz CT molecular complexity index is 626. The van der Waals surface area contributed by atoms with Crippen LogP contribution in [0.15, 0.2) is 18.2 Å². The lowest BCUT2D eigenvalue weighted by atomic mass is 9.76. The highest BCUT2D eigenvalue weighted by molar-refractivity contribution is 5.81. The summed E-state index contributed by atoms with van der Waals surface area (Å²) in [6.07, 6.45) is 0.783. The molecule has 0 spiro atoms. The van der Waals surface area contributed by atoms with Gasteiger partial charge in [0.15, 0.2) is 0 Å². The summed E-state index contributed by atoms with van der Waals surface area (Å²) < 4.78 is 5.73. The van der Waals surface area contributed by atoms with E-state index in [9.17, 15) is 14.7 Å². The number of carbonyl (C=O) groups excluding carboxylic acids is 1.